The van der Waals surface area contributed by atoms with Gasteiger partial charge in [0, 0.05) is 12.4 Å². The molecule has 58 valence electrons. The Morgan fingerprint density at radius 2 is 1.40 bits per heavy atom. The van der Waals surface area contributed by atoms with Crippen LogP contribution in [0.25, 0.3) is 0 Å². The van der Waals surface area contributed by atoms with Crippen LogP contribution in [-0.4, -0.2) is 16.2 Å². The molecule has 0 saturated carbocycles. The maximum Gasteiger partial charge on any atom is 0.115 e. The van der Waals surface area contributed by atoms with E-state index in [2.05, 4.69) is 22.6 Å². The fourth-order valence-electron chi connectivity index (χ4n) is 0.253. The molecule has 0 saturated heterocycles. The molecule has 1 aromatic rings. The molecule has 0 radical (unpaired) electrons. The monoisotopic (exact) mass is 158 g/mol. The van der Waals surface area contributed by atoms with Crippen LogP contribution in [0.4, 0.5) is 0 Å². The van der Waals surface area contributed by atoms with Crippen molar-refractivity contribution in [2.45, 2.75) is 13.8 Å². The molecule has 3 heteroatoms. The van der Waals surface area contributed by atoms with Crippen LogP contribution in [-0.2, 0) is 0 Å². The van der Waals surface area contributed by atoms with Gasteiger partial charge in [0.2, 0.25) is 0 Å². The number of hydrogen-bond acceptors (Lipinski definition) is 3. The Morgan fingerprint density at radius 1 is 1.00 bits per heavy atom. The maximum absolute atomic E-state index is 3.67. The van der Waals surface area contributed by atoms with Gasteiger partial charge in [0.1, 0.15) is 6.33 Å². The SMILES string of the molecule is CC.CS.c1cncnc1. The van der Waals surface area contributed by atoms with Crippen LogP contribution in [0.15, 0.2) is 24.8 Å². The van der Waals surface area contributed by atoms with Gasteiger partial charge in [-0.15, -0.1) is 0 Å². The second-order valence-corrected chi connectivity index (χ2v) is 0.904. The lowest BCUT2D eigenvalue weighted by Gasteiger charge is -1.70. The van der Waals surface area contributed by atoms with Crippen molar-refractivity contribution < 1.29 is 0 Å². The molecule has 2 nitrogen and oxygen atoms in total. The lowest BCUT2D eigenvalue weighted by atomic mass is 10.7. The Kier molecular flexibility index (Phi) is 19.2. The number of aromatic nitrogens is 2. The third-order valence-corrected chi connectivity index (χ3v) is 0.478. The summed E-state index contributed by atoms with van der Waals surface area (Å²) in [5, 5.41) is 0. The average Bonchev–Trinajstić information content (AvgIpc) is 2.14. The molecule has 0 aliphatic heterocycles. The zero-order chi connectivity index (χ0) is 8.24. The Hall–Kier alpha value is -0.570. The number of thiol groups is 1. The second kappa shape index (κ2) is 15.8. The van der Waals surface area contributed by atoms with Crippen LogP contribution in [0.5, 0.6) is 0 Å². The van der Waals surface area contributed by atoms with E-state index in [4.69, 9.17) is 0 Å². The number of nitrogens with zero attached hydrogens (tertiary/aromatic N) is 2. The minimum atomic E-state index is 1.50. The van der Waals surface area contributed by atoms with Crippen molar-refractivity contribution in [3.63, 3.8) is 0 Å². The van der Waals surface area contributed by atoms with Crippen molar-refractivity contribution in [3.05, 3.63) is 24.8 Å². The summed E-state index contributed by atoms with van der Waals surface area (Å²) in [5.41, 5.74) is 0. The quantitative estimate of drug-likeness (QED) is 0.585. The van der Waals surface area contributed by atoms with Crippen molar-refractivity contribution in [3.8, 4) is 0 Å². The number of hydrogen-bond donors (Lipinski definition) is 1. The van der Waals surface area contributed by atoms with E-state index >= 15 is 0 Å². The predicted octanol–water partition coefficient (Wildman–Crippen LogP) is 2.05. The normalized spacial score (nSPS) is 6.00. The minimum Gasteiger partial charge on any atom is -0.245 e. The summed E-state index contributed by atoms with van der Waals surface area (Å²) in [6.07, 6.45) is 6.57. The van der Waals surface area contributed by atoms with Crippen LogP contribution >= 0.6 is 12.6 Å². The van der Waals surface area contributed by atoms with Gasteiger partial charge in [-0.05, 0) is 12.3 Å². The molecular formula is C7H14N2S. The van der Waals surface area contributed by atoms with Gasteiger partial charge in [-0.1, -0.05) is 13.8 Å². The zero-order valence-electron chi connectivity index (χ0n) is 6.65. The summed E-state index contributed by atoms with van der Waals surface area (Å²) in [6, 6.07) is 1.78. The molecule has 0 spiro atoms. The molecule has 0 aliphatic carbocycles. The Morgan fingerprint density at radius 3 is 1.50 bits per heavy atom. The van der Waals surface area contributed by atoms with Gasteiger partial charge in [0.05, 0.1) is 0 Å². The van der Waals surface area contributed by atoms with Gasteiger partial charge in [0.25, 0.3) is 0 Å². The fraction of sp³-hybridized carbons (Fsp3) is 0.429. The van der Waals surface area contributed by atoms with Crippen LogP contribution in [0.3, 0.4) is 0 Å². The highest BCUT2D eigenvalue weighted by Crippen LogP contribution is 1.66. The predicted molar refractivity (Wildman–Crippen MR) is 48.3 cm³/mol. The van der Waals surface area contributed by atoms with Gasteiger partial charge in [-0.3, -0.25) is 0 Å². The van der Waals surface area contributed by atoms with Crippen molar-refractivity contribution in [2.24, 2.45) is 0 Å². The highest BCUT2D eigenvalue weighted by Gasteiger charge is 1.59. The first kappa shape index (κ1) is 12.1. The van der Waals surface area contributed by atoms with E-state index in [1.54, 1.807) is 24.7 Å². The van der Waals surface area contributed by atoms with Crippen molar-refractivity contribution >= 4 is 12.6 Å². The lowest BCUT2D eigenvalue weighted by Crippen LogP contribution is -1.66. The van der Waals surface area contributed by atoms with Gasteiger partial charge < -0.3 is 0 Å². The van der Waals surface area contributed by atoms with E-state index in [9.17, 15) is 0 Å². The molecule has 0 bridgehead atoms. The highest BCUT2D eigenvalue weighted by molar-refractivity contribution is 7.79. The standard InChI is InChI=1S/C4H4N2.C2H6.CH4S/c1-2-5-4-6-3-1;2*1-2/h1-4H;1-2H3;2H,1H3. The Labute approximate surface area is 68.1 Å². The van der Waals surface area contributed by atoms with Crippen molar-refractivity contribution in [1.29, 1.82) is 0 Å². The van der Waals surface area contributed by atoms with E-state index < -0.39 is 0 Å². The summed E-state index contributed by atoms with van der Waals surface area (Å²) in [7, 11) is 0. The third kappa shape index (κ3) is 10.4. The van der Waals surface area contributed by atoms with Crippen LogP contribution in [0, 0.1) is 0 Å². The molecule has 0 atom stereocenters. The molecular weight excluding hydrogens is 144 g/mol. The summed E-state index contributed by atoms with van der Waals surface area (Å²) in [4.78, 5) is 7.35. The van der Waals surface area contributed by atoms with Crippen molar-refractivity contribution in [1.82, 2.24) is 9.97 Å². The Balaban J connectivity index is 0. The topological polar surface area (TPSA) is 25.8 Å². The molecule has 0 unspecified atom stereocenters. The number of rotatable bonds is 0. The summed E-state index contributed by atoms with van der Waals surface area (Å²) >= 11 is 3.53. The van der Waals surface area contributed by atoms with Gasteiger partial charge >= 0.3 is 0 Å². The molecule has 0 fully saturated rings. The maximum atomic E-state index is 3.67. The fourth-order valence-corrected chi connectivity index (χ4v) is 0.253. The van der Waals surface area contributed by atoms with E-state index in [1.165, 1.54) is 6.33 Å². The van der Waals surface area contributed by atoms with E-state index in [1.807, 2.05) is 13.8 Å². The largest absolute Gasteiger partial charge is 0.245 e. The lowest BCUT2D eigenvalue weighted by molar-refractivity contribution is 1.17. The van der Waals surface area contributed by atoms with E-state index in [0.29, 0.717) is 0 Å². The van der Waals surface area contributed by atoms with E-state index in [-0.39, 0.29) is 0 Å². The summed E-state index contributed by atoms with van der Waals surface area (Å²) in [6.45, 7) is 4.00. The van der Waals surface area contributed by atoms with Crippen molar-refractivity contribution in [2.75, 3.05) is 6.26 Å². The zero-order valence-corrected chi connectivity index (χ0v) is 7.55. The smallest absolute Gasteiger partial charge is 0.115 e. The molecule has 0 aromatic carbocycles. The van der Waals surface area contributed by atoms with Crippen LogP contribution in [0.1, 0.15) is 13.8 Å². The molecule has 1 rings (SSSR count). The molecule has 0 aliphatic rings. The highest BCUT2D eigenvalue weighted by atomic mass is 32.1. The summed E-state index contributed by atoms with van der Waals surface area (Å²) in [5.74, 6) is 0. The van der Waals surface area contributed by atoms with Gasteiger partial charge in [0.15, 0.2) is 0 Å². The van der Waals surface area contributed by atoms with Gasteiger partial charge in [-0.2, -0.15) is 12.6 Å². The molecule has 0 amide bonds. The molecule has 0 N–H and O–H groups in total. The first-order valence-electron chi connectivity index (χ1n) is 3.15. The molecule has 1 aromatic heterocycles. The van der Waals surface area contributed by atoms with Crippen LogP contribution in [0.2, 0.25) is 0 Å². The van der Waals surface area contributed by atoms with Crippen LogP contribution < -0.4 is 0 Å². The first-order valence-corrected chi connectivity index (χ1v) is 4.04. The second-order valence-electron chi connectivity index (χ2n) is 0.904. The third-order valence-electron chi connectivity index (χ3n) is 0.478. The van der Waals surface area contributed by atoms with Gasteiger partial charge in [-0.25, -0.2) is 9.97 Å². The first-order chi connectivity index (χ1) is 5.00. The average molecular weight is 158 g/mol. The van der Waals surface area contributed by atoms with E-state index in [0.717, 1.165) is 0 Å². The summed E-state index contributed by atoms with van der Waals surface area (Å²) < 4.78 is 0. The Bertz CT molecular complexity index is 83.5. The minimum absolute atomic E-state index is 1.50. The molecule has 1 heterocycles. The molecule has 10 heavy (non-hydrogen) atoms.